The molecule has 2 aliphatic rings. The second-order valence-corrected chi connectivity index (χ2v) is 11.8. The van der Waals surface area contributed by atoms with E-state index in [-0.39, 0.29) is 5.91 Å². The summed E-state index contributed by atoms with van der Waals surface area (Å²) in [5, 5.41) is 10.5. The van der Waals surface area contributed by atoms with Gasteiger partial charge in [0.05, 0.1) is 11.3 Å². The number of piperazine rings is 1. The van der Waals surface area contributed by atoms with Crippen molar-refractivity contribution in [3.63, 3.8) is 0 Å². The molecule has 0 aliphatic carbocycles. The number of hydrogen-bond donors (Lipinski definition) is 2. The summed E-state index contributed by atoms with van der Waals surface area (Å²) in [6.07, 6.45) is 4.97. The fraction of sp³-hybridized carbons (Fsp3) is 0.364. The largest absolute Gasteiger partial charge is 0.384 e. The number of anilines is 1. The molecule has 4 aromatic rings. The van der Waals surface area contributed by atoms with Crippen molar-refractivity contribution in [1.82, 2.24) is 34.2 Å². The maximum atomic E-state index is 11.1. The molecule has 11 heteroatoms. The molecular weight excluding hydrogens is 556 g/mol. The Bertz CT molecular complexity index is 1640. The summed E-state index contributed by atoms with van der Waals surface area (Å²) in [5.41, 5.74) is 10.2. The summed E-state index contributed by atoms with van der Waals surface area (Å²) in [6, 6.07) is 16.1. The van der Waals surface area contributed by atoms with Crippen LogP contribution in [0.2, 0.25) is 0 Å². The van der Waals surface area contributed by atoms with Gasteiger partial charge in [-0.2, -0.15) is 0 Å². The molecule has 1 aromatic carbocycles. The summed E-state index contributed by atoms with van der Waals surface area (Å²) >= 11 is 0. The van der Waals surface area contributed by atoms with Gasteiger partial charge in [-0.3, -0.25) is 14.2 Å². The van der Waals surface area contributed by atoms with Crippen LogP contribution in [0, 0.1) is 0 Å². The van der Waals surface area contributed by atoms with Crippen LogP contribution in [0.5, 0.6) is 0 Å². The molecule has 0 saturated carbocycles. The number of nitrogens with zero attached hydrogens (tertiary/aromatic N) is 7. The van der Waals surface area contributed by atoms with Crippen LogP contribution < -0.4 is 5.73 Å². The number of aromatic nitrogens is 4. The molecule has 3 N–H and O–H groups in total. The minimum absolute atomic E-state index is 0.0550. The number of carbonyl (C=O) groups is 2. The topological polar surface area (TPSA) is 134 Å². The Hall–Kier alpha value is -4.61. The van der Waals surface area contributed by atoms with Crippen molar-refractivity contribution in [2.45, 2.75) is 31.8 Å². The van der Waals surface area contributed by atoms with Gasteiger partial charge in [0, 0.05) is 44.6 Å². The highest BCUT2D eigenvalue weighted by atomic mass is 16.3. The van der Waals surface area contributed by atoms with Gasteiger partial charge in [0.25, 0.3) is 0 Å². The van der Waals surface area contributed by atoms with E-state index in [1.807, 2.05) is 28.8 Å². The van der Waals surface area contributed by atoms with Crippen LogP contribution in [0.15, 0.2) is 67.4 Å². The molecule has 0 radical (unpaired) electrons. The van der Waals surface area contributed by atoms with Crippen LogP contribution in [-0.2, 0) is 15.2 Å². The molecule has 5 heterocycles. The van der Waals surface area contributed by atoms with Gasteiger partial charge in [-0.15, -0.1) is 0 Å². The average molecular weight is 597 g/mol. The molecule has 230 valence electrons. The highest BCUT2D eigenvalue weighted by molar-refractivity contribution is 5.87. The Morgan fingerprint density at radius 1 is 1.05 bits per heavy atom. The van der Waals surface area contributed by atoms with Gasteiger partial charge in [-0.05, 0) is 87.8 Å². The molecule has 0 bridgehead atoms. The molecule has 6 rings (SSSR count). The van der Waals surface area contributed by atoms with Crippen LogP contribution in [0.25, 0.3) is 28.2 Å². The Morgan fingerprint density at radius 3 is 2.36 bits per heavy atom. The zero-order valence-electron chi connectivity index (χ0n) is 25.6. The van der Waals surface area contributed by atoms with Gasteiger partial charge in [-0.25, -0.2) is 15.0 Å². The molecule has 2 saturated heterocycles. The van der Waals surface area contributed by atoms with Gasteiger partial charge in [0.2, 0.25) is 12.3 Å². The van der Waals surface area contributed by atoms with E-state index in [1.54, 1.807) is 29.8 Å². The van der Waals surface area contributed by atoms with Crippen LogP contribution in [0.4, 0.5) is 5.82 Å². The highest BCUT2D eigenvalue weighted by Gasteiger charge is 2.24. The van der Waals surface area contributed by atoms with E-state index < -0.39 is 5.60 Å². The fourth-order valence-corrected chi connectivity index (χ4v) is 5.61. The first kappa shape index (κ1) is 30.8. The highest BCUT2D eigenvalue weighted by Crippen LogP contribution is 2.33. The van der Waals surface area contributed by atoms with Gasteiger partial charge in [-0.1, -0.05) is 18.7 Å². The minimum atomic E-state index is -1.06. The standard InChI is InChI=1S/C25H28N6O.C8H12N2O2/c1-25(2,32)21-11-10-20-24(29-21)31(23(28-20)19-5-4-13-27-22(19)26)18-8-6-16(7-9-18)17-12-14-30(3)15-17;1-2-8(12)10-5-3-9(7-11)4-6-10/h4-11,13,17,32H,12,14-15H2,1-3H3,(H2,26,27);2,7H,1,3-6H2. The molecule has 2 amide bonds. The van der Waals surface area contributed by atoms with Crippen LogP contribution in [0.1, 0.15) is 37.4 Å². The molecular formula is C33H40N8O3. The summed E-state index contributed by atoms with van der Waals surface area (Å²) in [5.74, 6) is 1.60. The lowest BCUT2D eigenvalue weighted by Gasteiger charge is -2.31. The van der Waals surface area contributed by atoms with Crippen LogP contribution in [-0.4, -0.2) is 98.0 Å². The number of likely N-dealkylation sites (tertiary alicyclic amines) is 1. The lowest BCUT2D eigenvalue weighted by atomic mass is 9.98. The number of hydrogen-bond acceptors (Lipinski definition) is 8. The molecule has 1 unspecified atom stereocenters. The molecule has 1 atom stereocenters. The summed E-state index contributed by atoms with van der Waals surface area (Å²) < 4.78 is 2.00. The lowest BCUT2D eigenvalue weighted by Crippen LogP contribution is -2.47. The Labute approximate surface area is 257 Å². The Balaban J connectivity index is 0.000000270. The number of amides is 2. The second-order valence-electron chi connectivity index (χ2n) is 11.8. The molecule has 3 aromatic heterocycles. The van der Waals surface area contributed by atoms with Crippen molar-refractivity contribution < 1.29 is 14.7 Å². The Kier molecular flexibility index (Phi) is 9.07. The van der Waals surface area contributed by atoms with Gasteiger partial charge < -0.3 is 25.5 Å². The van der Waals surface area contributed by atoms with E-state index in [1.165, 1.54) is 18.1 Å². The number of likely N-dealkylation sites (N-methyl/N-ethyl adjacent to an activating group) is 1. The molecule has 44 heavy (non-hydrogen) atoms. The van der Waals surface area contributed by atoms with Crippen LogP contribution in [0.3, 0.4) is 0 Å². The summed E-state index contributed by atoms with van der Waals surface area (Å²) in [7, 11) is 2.17. The molecule has 11 nitrogen and oxygen atoms in total. The van der Waals surface area contributed by atoms with Crippen molar-refractivity contribution in [2.75, 3.05) is 52.0 Å². The van der Waals surface area contributed by atoms with Crippen LogP contribution >= 0.6 is 0 Å². The number of carbonyl (C=O) groups excluding carboxylic acids is 2. The first-order valence-corrected chi connectivity index (χ1v) is 14.8. The predicted octanol–water partition coefficient (Wildman–Crippen LogP) is 3.18. The number of imidazole rings is 1. The van der Waals surface area contributed by atoms with E-state index in [4.69, 9.17) is 15.7 Å². The molecule has 2 fully saturated rings. The number of aliphatic hydroxyl groups is 1. The van der Waals surface area contributed by atoms with E-state index >= 15 is 0 Å². The van der Waals surface area contributed by atoms with E-state index in [2.05, 4.69) is 47.8 Å². The fourth-order valence-electron chi connectivity index (χ4n) is 5.61. The quantitative estimate of drug-likeness (QED) is 0.256. The molecule has 2 aliphatic heterocycles. The lowest BCUT2D eigenvalue weighted by molar-refractivity contribution is -0.130. The van der Waals surface area contributed by atoms with E-state index in [0.29, 0.717) is 55.1 Å². The first-order valence-electron chi connectivity index (χ1n) is 14.8. The third-order valence-electron chi connectivity index (χ3n) is 8.17. The predicted molar refractivity (Wildman–Crippen MR) is 171 cm³/mol. The SMILES string of the molecule is C=CC(=O)N1CCN(C=O)CC1.CN1CCC(c2ccc(-n3c(-c4cccnc4N)nc4ccc(C(C)(C)O)nc43)cc2)C1. The number of nitrogens with two attached hydrogens (primary N) is 1. The number of pyridine rings is 2. The number of fused-ring (bicyclic) bond motifs is 1. The smallest absolute Gasteiger partial charge is 0.246 e. The normalized spacial score (nSPS) is 17.3. The Morgan fingerprint density at radius 2 is 1.77 bits per heavy atom. The van der Waals surface area contributed by atoms with Gasteiger partial charge in [0.1, 0.15) is 16.9 Å². The van der Waals surface area contributed by atoms with Crippen molar-refractivity contribution in [3.05, 3.63) is 78.6 Å². The van der Waals surface area contributed by atoms with Crippen molar-refractivity contribution in [1.29, 1.82) is 0 Å². The first-order chi connectivity index (χ1) is 21.1. The zero-order valence-corrected chi connectivity index (χ0v) is 25.6. The third-order valence-corrected chi connectivity index (χ3v) is 8.17. The average Bonchev–Trinajstić information content (AvgIpc) is 3.64. The number of rotatable bonds is 6. The minimum Gasteiger partial charge on any atom is -0.384 e. The summed E-state index contributed by atoms with van der Waals surface area (Å²) in [6.45, 7) is 11.6. The number of benzene rings is 1. The second kappa shape index (κ2) is 12.9. The monoisotopic (exact) mass is 596 g/mol. The van der Waals surface area contributed by atoms with Gasteiger partial charge in [0.15, 0.2) is 11.5 Å². The maximum absolute atomic E-state index is 11.1. The van der Waals surface area contributed by atoms with Gasteiger partial charge >= 0.3 is 0 Å². The zero-order chi connectivity index (χ0) is 31.4. The van der Waals surface area contributed by atoms with Crippen molar-refractivity contribution in [3.8, 4) is 17.1 Å². The summed E-state index contributed by atoms with van der Waals surface area (Å²) in [4.78, 5) is 41.0. The van der Waals surface area contributed by atoms with E-state index in [0.717, 1.165) is 36.3 Å². The van der Waals surface area contributed by atoms with Crippen molar-refractivity contribution in [2.24, 2.45) is 0 Å². The maximum Gasteiger partial charge on any atom is 0.246 e. The number of nitrogen functional groups attached to an aromatic ring is 1. The van der Waals surface area contributed by atoms with E-state index in [9.17, 15) is 14.7 Å². The van der Waals surface area contributed by atoms with Crippen molar-refractivity contribution >= 4 is 29.3 Å². The molecule has 0 spiro atoms. The third kappa shape index (κ3) is 6.63.